The number of hydrogen-bond donors (Lipinski definition) is 0. The fourth-order valence-electron chi connectivity index (χ4n) is 1.55. The summed E-state index contributed by atoms with van der Waals surface area (Å²) in [6, 6.07) is 7.76. The third kappa shape index (κ3) is 2.68. The highest BCUT2D eigenvalue weighted by atomic mass is 79.9. The van der Waals surface area contributed by atoms with Crippen LogP contribution >= 0.6 is 43.2 Å². The zero-order valence-corrected chi connectivity index (χ0v) is 13.9. The van der Waals surface area contributed by atoms with Gasteiger partial charge in [-0.3, -0.25) is 4.79 Å². The Hall–Kier alpha value is -0.650. The molecule has 1 aromatic heterocycles. The maximum absolute atomic E-state index is 12.3. The molecule has 0 N–H and O–H groups in total. The molecule has 0 radical (unpaired) electrons. The molecule has 0 aliphatic heterocycles. The van der Waals surface area contributed by atoms with E-state index in [1.165, 1.54) is 11.3 Å². The van der Waals surface area contributed by atoms with E-state index in [4.69, 9.17) is 0 Å². The molecule has 0 saturated heterocycles. The van der Waals surface area contributed by atoms with Gasteiger partial charge in [0.15, 0.2) is 0 Å². The summed E-state index contributed by atoms with van der Waals surface area (Å²) >= 11 is 8.29. The molecule has 0 bridgehead atoms. The second kappa shape index (κ2) is 5.55. The molecule has 0 spiro atoms. The Morgan fingerprint density at radius 3 is 2.50 bits per heavy atom. The predicted molar refractivity (Wildman–Crippen MR) is 83.6 cm³/mol. The number of benzene rings is 1. The van der Waals surface area contributed by atoms with Crippen molar-refractivity contribution in [3.05, 3.63) is 49.0 Å². The molecular weight excluding hydrogens is 378 g/mol. The summed E-state index contributed by atoms with van der Waals surface area (Å²) in [5.41, 5.74) is 2.00. The smallest absolute Gasteiger partial charge is 0.269 e. The largest absolute Gasteiger partial charge is 0.311 e. The summed E-state index contributed by atoms with van der Waals surface area (Å²) < 4.78 is 1.89. The molecule has 0 aliphatic rings. The summed E-state index contributed by atoms with van der Waals surface area (Å²) in [7, 11) is 1.79. The van der Waals surface area contributed by atoms with E-state index in [9.17, 15) is 4.79 Å². The van der Waals surface area contributed by atoms with Gasteiger partial charge in [0, 0.05) is 21.7 Å². The zero-order valence-electron chi connectivity index (χ0n) is 9.91. The third-order valence-electron chi connectivity index (χ3n) is 2.64. The number of rotatable bonds is 2. The maximum Gasteiger partial charge on any atom is 0.269 e. The highest BCUT2D eigenvalue weighted by molar-refractivity contribution is 9.10. The van der Waals surface area contributed by atoms with Crippen molar-refractivity contribution < 1.29 is 4.79 Å². The summed E-state index contributed by atoms with van der Waals surface area (Å²) in [4.78, 5) is 14.7. The van der Waals surface area contributed by atoms with E-state index in [1.54, 1.807) is 11.9 Å². The lowest BCUT2D eigenvalue weighted by molar-refractivity contribution is 0.0996. The molecule has 2 nitrogen and oxygen atoms in total. The van der Waals surface area contributed by atoms with Crippen molar-refractivity contribution in [2.45, 2.75) is 6.92 Å². The summed E-state index contributed by atoms with van der Waals surface area (Å²) in [6.07, 6.45) is 0. The van der Waals surface area contributed by atoms with E-state index in [0.29, 0.717) is 0 Å². The average molecular weight is 389 g/mol. The standard InChI is InChI=1S/C13H11Br2NOS/c1-8-7-9(3-4-10(8)14)16(2)13(17)12-11(15)5-6-18-12/h3-7H,1-2H3. The van der Waals surface area contributed by atoms with E-state index < -0.39 is 0 Å². The van der Waals surface area contributed by atoms with Crippen LogP contribution in [0.5, 0.6) is 0 Å². The lowest BCUT2D eigenvalue weighted by atomic mass is 10.2. The van der Waals surface area contributed by atoms with Crippen LogP contribution < -0.4 is 4.90 Å². The van der Waals surface area contributed by atoms with Crippen LogP contribution in [0.4, 0.5) is 5.69 Å². The molecule has 1 aromatic carbocycles. The number of amides is 1. The van der Waals surface area contributed by atoms with Gasteiger partial charge in [-0.05, 0) is 58.1 Å². The van der Waals surface area contributed by atoms with Crippen LogP contribution in [0.15, 0.2) is 38.6 Å². The highest BCUT2D eigenvalue weighted by Gasteiger charge is 2.17. The summed E-state index contributed by atoms with van der Waals surface area (Å²) in [5.74, 6) is -0.00130. The number of anilines is 1. The van der Waals surface area contributed by atoms with Crippen LogP contribution in [-0.4, -0.2) is 13.0 Å². The monoisotopic (exact) mass is 387 g/mol. The minimum absolute atomic E-state index is 0.00130. The van der Waals surface area contributed by atoms with E-state index in [1.807, 2.05) is 36.6 Å². The van der Waals surface area contributed by atoms with Crippen molar-refractivity contribution in [2.75, 3.05) is 11.9 Å². The molecule has 1 heterocycles. The number of thiophene rings is 1. The predicted octanol–water partition coefficient (Wildman–Crippen LogP) is 4.86. The Balaban J connectivity index is 2.31. The maximum atomic E-state index is 12.3. The average Bonchev–Trinajstić information content (AvgIpc) is 2.77. The molecule has 18 heavy (non-hydrogen) atoms. The van der Waals surface area contributed by atoms with Gasteiger partial charge in [-0.25, -0.2) is 0 Å². The van der Waals surface area contributed by atoms with Crippen molar-refractivity contribution in [2.24, 2.45) is 0 Å². The number of hydrogen-bond acceptors (Lipinski definition) is 2. The first-order valence-corrected chi connectivity index (χ1v) is 7.74. The van der Waals surface area contributed by atoms with Gasteiger partial charge < -0.3 is 4.90 Å². The first kappa shape index (κ1) is 13.8. The molecule has 1 amide bonds. The van der Waals surface area contributed by atoms with Crippen molar-refractivity contribution in [3.63, 3.8) is 0 Å². The second-order valence-corrected chi connectivity index (χ2v) is 6.52. The molecule has 0 fully saturated rings. The lowest BCUT2D eigenvalue weighted by Crippen LogP contribution is -2.25. The van der Waals surface area contributed by atoms with Gasteiger partial charge in [0.1, 0.15) is 4.88 Å². The van der Waals surface area contributed by atoms with Crippen molar-refractivity contribution in [3.8, 4) is 0 Å². The van der Waals surface area contributed by atoms with E-state index in [0.717, 1.165) is 25.1 Å². The minimum Gasteiger partial charge on any atom is -0.311 e. The first-order chi connectivity index (χ1) is 8.50. The Morgan fingerprint density at radius 2 is 1.94 bits per heavy atom. The van der Waals surface area contributed by atoms with Gasteiger partial charge in [0.25, 0.3) is 5.91 Å². The minimum atomic E-state index is -0.00130. The molecule has 0 aliphatic carbocycles. The Labute approximate surface area is 127 Å². The van der Waals surface area contributed by atoms with Crippen LogP contribution in [0.3, 0.4) is 0 Å². The van der Waals surface area contributed by atoms with E-state index >= 15 is 0 Å². The SMILES string of the molecule is Cc1cc(N(C)C(=O)c2sccc2Br)ccc1Br. The van der Waals surface area contributed by atoms with Gasteiger partial charge in [0.2, 0.25) is 0 Å². The van der Waals surface area contributed by atoms with Gasteiger partial charge in [-0.1, -0.05) is 15.9 Å². The normalized spacial score (nSPS) is 10.4. The second-order valence-electron chi connectivity index (χ2n) is 3.90. The van der Waals surface area contributed by atoms with Crippen LogP contribution in [0.1, 0.15) is 15.2 Å². The molecule has 2 rings (SSSR count). The number of aryl methyl sites for hydroxylation is 1. The molecule has 0 atom stereocenters. The molecule has 5 heteroatoms. The Kier molecular flexibility index (Phi) is 4.25. The number of halogens is 2. The van der Waals surface area contributed by atoms with Crippen LogP contribution in [0, 0.1) is 6.92 Å². The number of carbonyl (C=O) groups excluding carboxylic acids is 1. The van der Waals surface area contributed by atoms with E-state index in [-0.39, 0.29) is 5.91 Å². The van der Waals surface area contributed by atoms with Gasteiger partial charge in [0.05, 0.1) is 0 Å². The van der Waals surface area contributed by atoms with Crippen molar-refractivity contribution in [1.82, 2.24) is 0 Å². The topological polar surface area (TPSA) is 20.3 Å². The Morgan fingerprint density at radius 1 is 1.22 bits per heavy atom. The Bertz CT molecular complexity index is 594. The number of carbonyl (C=O) groups is 1. The lowest BCUT2D eigenvalue weighted by Gasteiger charge is -2.17. The zero-order chi connectivity index (χ0) is 13.3. The molecule has 0 saturated carbocycles. The van der Waals surface area contributed by atoms with Crippen molar-refractivity contribution >= 4 is 54.8 Å². The van der Waals surface area contributed by atoms with Crippen LogP contribution in [0.2, 0.25) is 0 Å². The quantitative estimate of drug-likeness (QED) is 0.719. The fourth-order valence-corrected chi connectivity index (χ4v) is 3.32. The molecule has 2 aromatic rings. The molecular formula is C13H11Br2NOS. The van der Waals surface area contributed by atoms with Gasteiger partial charge in [-0.15, -0.1) is 11.3 Å². The molecule has 94 valence electrons. The van der Waals surface area contributed by atoms with Crippen molar-refractivity contribution in [1.29, 1.82) is 0 Å². The first-order valence-electron chi connectivity index (χ1n) is 5.28. The van der Waals surface area contributed by atoms with E-state index in [2.05, 4.69) is 31.9 Å². The van der Waals surface area contributed by atoms with Crippen LogP contribution in [-0.2, 0) is 0 Å². The van der Waals surface area contributed by atoms with Crippen LogP contribution in [0.25, 0.3) is 0 Å². The van der Waals surface area contributed by atoms with Gasteiger partial charge >= 0.3 is 0 Å². The fraction of sp³-hybridized carbons (Fsp3) is 0.154. The summed E-state index contributed by atoms with van der Waals surface area (Å²) in [5, 5.41) is 1.90. The third-order valence-corrected chi connectivity index (χ3v) is 5.36. The number of nitrogens with zero attached hydrogens (tertiary/aromatic N) is 1. The molecule has 0 unspecified atom stereocenters. The summed E-state index contributed by atoms with van der Waals surface area (Å²) in [6.45, 7) is 2.01. The highest BCUT2D eigenvalue weighted by Crippen LogP contribution is 2.27. The van der Waals surface area contributed by atoms with Gasteiger partial charge in [-0.2, -0.15) is 0 Å².